The fourth-order valence-electron chi connectivity index (χ4n) is 1.27. The van der Waals surface area contributed by atoms with E-state index in [2.05, 4.69) is 16.0 Å². The van der Waals surface area contributed by atoms with Crippen LogP contribution in [0.4, 0.5) is 10.5 Å². The summed E-state index contributed by atoms with van der Waals surface area (Å²) < 4.78 is 28.3. The van der Waals surface area contributed by atoms with Crippen LogP contribution in [0.3, 0.4) is 0 Å². The summed E-state index contributed by atoms with van der Waals surface area (Å²) in [7, 11) is -2.59. The molecule has 114 valence electrons. The molecule has 0 heterocycles. The first-order chi connectivity index (χ1) is 9.85. The molecule has 9 heteroatoms. The molecule has 1 aromatic rings. The second-order valence-corrected chi connectivity index (χ2v) is 5.61. The first-order valence-corrected chi connectivity index (χ1v) is 7.44. The molecule has 0 aliphatic heterocycles. The standard InChI is InChI=1S/C12H13ClN2O5S/c1-14-21(18,19)20-8-3-2-7-15(12(16)17)11-6-4-5-10(13)9-11/h4-6,9,14H,7-8H2,1H3,(H,16,17). The molecule has 0 unspecified atom stereocenters. The van der Waals surface area contributed by atoms with Crippen molar-refractivity contribution >= 4 is 33.7 Å². The van der Waals surface area contributed by atoms with Gasteiger partial charge in [0.1, 0.15) is 6.61 Å². The maximum Gasteiger partial charge on any atom is 0.412 e. The average Bonchev–Trinajstić information content (AvgIpc) is 2.42. The van der Waals surface area contributed by atoms with Gasteiger partial charge in [-0.15, -0.1) is 0 Å². The van der Waals surface area contributed by atoms with Crippen molar-refractivity contribution in [3.63, 3.8) is 0 Å². The van der Waals surface area contributed by atoms with E-state index >= 15 is 0 Å². The number of nitrogens with one attached hydrogen (secondary N) is 1. The number of hydrogen-bond acceptors (Lipinski definition) is 4. The molecule has 0 saturated heterocycles. The van der Waals surface area contributed by atoms with Gasteiger partial charge in [-0.2, -0.15) is 13.1 Å². The number of rotatable bonds is 5. The first kappa shape index (κ1) is 17.3. The van der Waals surface area contributed by atoms with Crippen molar-refractivity contribution in [2.75, 3.05) is 25.1 Å². The van der Waals surface area contributed by atoms with Gasteiger partial charge in [0, 0.05) is 17.8 Å². The van der Waals surface area contributed by atoms with Gasteiger partial charge in [-0.05, 0) is 18.2 Å². The topological polar surface area (TPSA) is 95.9 Å². The number of carboxylic acid groups (broad SMARTS) is 1. The lowest BCUT2D eigenvalue weighted by Gasteiger charge is -2.16. The van der Waals surface area contributed by atoms with Gasteiger partial charge in [0.05, 0.1) is 6.54 Å². The van der Waals surface area contributed by atoms with Crippen LogP contribution in [0.25, 0.3) is 0 Å². The lowest BCUT2D eigenvalue weighted by molar-refractivity contribution is 0.202. The molecule has 2 N–H and O–H groups in total. The average molecular weight is 333 g/mol. The third kappa shape index (κ3) is 6.01. The number of hydrogen-bond donors (Lipinski definition) is 2. The summed E-state index contributed by atoms with van der Waals surface area (Å²) in [5.74, 6) is 4.93. The Kier molecular flexibility index (Phi) is 6.45. The van der Waals surface area contributed by atoms with Gasteiger partial charge in [-0.25, -0.2) is 8.98 Å². The zero-order valence-corrected chi connectivity index (χ0v) is 12.6. The van der Waals surface area contributed by atoms with Crippen molar-refractivity contribution in [3.05, 3.63) is 29.3 Å². The van der Waals surface area contributed by atoms with Gasteiger partial charge in [-0.1, -0.05) is 29.5 Å². The molecule has 21 heavy (non-hydrogen) atoms. The largest absolute Gasteiger partial charge is 0.465 e. The smallest absolute Gasteiger partial charge is 0.412 e. The van der Waals surface area contributed by atoms with Crippen LogP contribution in [0.5, 0.6) is 0 Å². The monoisotopic (exact) mass is 332 g/mol. The molecule has 0 spiro atoms. The highest BCUT2D eigenvalue weighted by molar-refractivity contribution is 7.84. The highest BCUT2D eigenvalue weighted by atomic mass is 35.5. The minimum Gasteiger partial charge on any atom is -0.465 e. The van der Waals surface area contributed by atoms with Crippen LogP contribution in [-0.4, -0.2) is 39.8 Å². The Morgan fingerprint density at radius 1 is 1.48 bits per heavy atom. The van der Waals surface area contributed by atoms with Crippen molar-refractivity contribution in [1.29, 1.82) is 0 Å². The highest BCUT2D eigenvalue weighted by Gasteiger charge is 2.12. The van der Waals surface area contributed by atoms with E-state index in [1.807, 2.05) is 4.72 Å². The lowest BCUT2D eigenvalue weighted by Crippen LogP contribution is -2.29. The number of benzene rings is 1. The van der Waals surface area contributed by atoms with Crippen LogP contribution < -0.4 is 9.62 Å². The van der Waals surface area contributed by atoms with Crippen molar-refractivity contribution in [1.82, 2.24) is 4.72 Å². The number of anilines is 1. The number of carbonyl (C=O) groups is 1. The van der Waals surface area contributed by atoms with E-state index < -0.39 is 16.4 Å². The molecule has 1 aromatic carbocycles. The summed E-state index contributed by atoms with van der Waals surface area (Å²) in [5, 5.41) is 9.52. The molecule has 0 radical (unpaired) electrons. The van der Waals surface area contributed by atoms with Crippen LogP contribution in [0, 0.1) is 11.8 Å². The van der Waals surface area contributed by atoms with Crippen molar-refractivity contribution in [3.8, 4) is 11.8 Å². The Morgan fingerprint density at radius 3 is 2.76 bits per heavy atom. The molecule has 1 amide bonds. The molecule has 1 rings (SSSR count). The van der Waals surface area contributed by atoms with Gasteiger partial charge in [0.15, 0.2) is 0 Å². The molecular weight excluding hydrogens is 320 g/mol. The number of nitrogens with zero attached hydrogens (tertiary/aromatic N) is 1. The molecule has 0 aliphatic carbocycles. The predicted molar refractivity (Wildman–Crippen MR) is 78.5 cm³/mol. The van der Waals surface area contributed by atoms with Crippen molar-refractivity contribution in [2.45, 2.75) is 0 Å². The van der Waals surface area contributed by atoms with E-state index in [9.17, 15) is 13.2 Å². The Balaban J connectivity index is 2.68. The van der Waals surface area contributed by atoms with Gasteiger partial charge in [0.25, 0.3) is 0 Å². The zero-order valence-electron chi connectivity index (χ0n) is 11.0. The van der Waals surface area contributed by atoms with E-state index in [0.29, 0.717) is 10.7 Å². The maximum atomic E-state index is 11.2. The SMILES string of the molecule is CNS(=O)(=O)OCC#CCN(C(=O)O)c1cccc(Cl)c1. The second kappa shape index (κ2) is 7.85. The summed E-state index contributed by atoms with van der Waals surface area (Å²) in [6.07, 6.45) is -1.20. The maximum absolute atomic E-state index is 11.2. The van der Waals surface area contributed by atoms with Crippen LogP contribution in [0.1, 0.15) is 0 Å². The molecule has 0 aliphatic rings. The van der Waals surface area contributed by atoms with E-state index in [0.717, 1.165) is 4.90 Å². The molecule has 0 saturated carbocycles. The molecule has 0 aromatic heterocycles. The minimum atomic E-state index is -3.79. The van der Waals surface area contributed by atoms with Gasteiger partial charge < -0.3 is 5.11 Å². The minimum absolute atomic E-state index is 0.140. The van der Waals surface area contributed by atoms with Gasteiger partial charge >= 0.3 is 16.4 Å². The quantitative estimate of drug-likeness (QED) is 0.792. The zero-order chi connectivity index (χ0) is 15.9. The molecule has 0 bridgehead atoms. The summed E-state index contributed by atoms with van der Waals surface area (Å²) >= 11 is 5.79. The number of halogens is 1. The van der Waals surface area contributed by atoms with Crippen LogP contribution in [-0.2, 0) is 14.5 Å². The van der Waals surface area contributed by atoms with Crippen LogP contribution in [0.15, 0.2) is 24.3 Å². The normalized spacial score (nSPS) is 10.6. The van der Waals surface area contributed by atoms with Crippen molar-refractivity contribution < 1.29 is 22.5 Å². The Labute approximate surface area is 127 Å². The fraction of sp³-hybridized carbons (Fsp3) is 0.250. The van der Waals surface area contributed by atoms with Crippen LogP contribution in [0.2, 0.25) is 5.02 Å². The first-order valence-electron chi connectivity index (χ1n) is 5.65. The molecule has 7 nitrogen and oxygen atoms in total. The number of amides is 1. The Morgan fingerprint density at radius 2 is 2.19 bits per heavy atom. The van der Waals surface area contributed by atoms with Crippen LogP contribution >= 0.6 is 11.6 Å². The summed E-state index contributed by atoms with van der Waals surface area (Å²) in [6.45, 7) is -0.509. The molecule has 0 fully saturated rings. The van der Waals surface area contributed by atoms with E-state index in [1.165, 1.54) is 13.1 Å². The van der Waals surface area contributed by atoms with E-state index in [1.54, 1.807) is 18.2 Å². The Hall–Kier alpha value is -1.79. The van der Waals surface area contributed by atoms with Gasteiger partial charge in [-0.3, -0.25) is 4.90 Å². The summed E-state index contributed by atoms with van der Waals surface area (Å²) in [6, 6.07) is 6.29. The second-order valence-electron chi connectivity index (χ2n) is 3.62. The predicted octanol–water partition coefficient (Wildman–Crippen LogP) is 1.31. The van der Waals surface area contributed by atoms with Crippen molar-refractivity contribution in [2.24, 2.45) is 0 Å². The van der Waals surface area contributed by atoms with E-state index in [-0.39, 0.29) is 13.2 Å². The molecule has 0 atom stereocenters. The van der Waals surface area contributed by atoms with Gasteiger partial charge in [0.2, 0.25) is 0 Å². The highest BCUT2D eigenvalue weighted by Crippen LogP contribution is 2.19. The lowest BCUT2D eigenvalue weighted by atomic mass is 10.3. The van der Waals surface area contributed by atoms with E-state index in [4.69, 9.17) is 16.7 Å². The Bertz CT molecular complexity index is 666. The summed E-state index contributed by atoms with van der Waals surface area (Å²) in [4.78, 5) is 12.1. The third-order valence-corrected chi connectivity index (χ3v) is 3.41. The fourth-order valence-corrected chi connectivity index (χ4v) is 1.78. The summed E-state index contributed by atoms with van der Waals surface area (Å²) in [5.41, 5.74) is 0.369. The molecular formula is C12H13ClN2O5S. The third-order valence-electron chi connectivity index (χ3n) is 2.25.